The Bertz CT molecular complexity index is 855. The number of hydroxylamine groups is 1. The average molecular weight is 310 g/mol. The Balaban J connectivity index is 1.75. The fraction of sp³-hybridized carbons (Fsp3) is 0.0588. The minimum atomic E-state index is -0.726. The van der Waals surface area contributed by atoms with Gasteiger partial charge in [-0.3, -0.25) is 14.8 Å². The lowest BCUT2D eigenvalue weighted by atomic mass is 10.1. The highest BCUT2D eigenvalue weighted by atomic mass is 16.5. The van der Waals surface area contributed by atoms with Crippen LogP contribution in [0.1, 0.15) is 16.1 Å². The van der Waals surface area contributed by atoms with Crippen molar-refractivity contribution in [3.05, 3.63) is 65.9 Å². The Kier molecular flexibility index (Phi) is 4.07. The number of amides is 2. The fourth-order valence-electron chi connectivity index (χ4n) is 2.27. The van der Waals surface area contributed by atoms with E-state index in [-0.39, 0.29) is 18.1 Å². The summed E-state index contributed by atoms with van der Waals surface area (Å²) in [5.74, 6) is -0.863. The number of hydrogen-bond acceptors (Lipinski definition) is 4. The number of fused-ring (bicyclic) bond motifs is 1. The van der Waals surface area contributed by atoms with E-state index in [1.807, 2.05) is 30.3 Å². The summed E-state index contributed by atoms with van der Waals surface area (Å²) in [5.41, 5.74) is 3.54. The number of anilines is 1. The predicted octanol–water partition coefficient (Wildman–Crippen LogP) is 2.73. The van der Waals surface area contributed by atoms with Crippen LogP contribution in [-0.4, -0.2) is 17.0 Å². The molecule has 0 unspecified atom stereocenters. The molecular formula is C17H14N2O4. The first-order valence-corrected chi connectivity index (χ1v) is 6.97. The van der Waals surface area contributed by atoms with E-state index in [1.54, 1.807) is 18.2 Å². The molecule has 3 rings (SSSR count). The van der Waals surface area contributed by atoms with E-state index in [9.17, 15) is 9.59 Å². The summed E-state index contributed by atoms with van der Waals surface area (Å²) in [6, 6.07) is 16.0. The minimum Gasteiger partial charge on any atom is -0.451 e. The second kappa shape index (κ2) is 6.33. The van der Waals surface area contributed by atoms with E-state index in [1.165, 1.54) is 11.5 Å². The Morgan fingerprint density at radius 2 is 1.83 bits per heavy atom. The number of carbonyl (C=O) groups excluding carboxylic acids is 2. The van der Waals surface area contributed by atoms with Crippen LogP contribution in [0.15, 0.2) is 59.0 Å². The quantitative estimate of drug-likeness (QED) is 0.510. The molecule has 0 radical (unpaired) electrons. The molecule has 23 heavy (non-hydrogen) atoms. The van der Waals surface area contributed by atoms with Gasteiger partial charge in [0, 0.05) is 11.1 Å². The summed E-state index contributed by atoms with van der Waals surface area (Å²) in [6.45, 7) is 0. The zero-order valence-electron chi connectivity index (χ0n) is 12.1. The molecule has 6 heteroatoms. The molecule has 0 spiro atoms. The second-order valence-electron chi connectivity index (χ2n) is 5.01. The molecule has 0 bridgehead atoms. The van der Waals surface area contributed by atoms with Crippen molar-refractivity contribution >= 4 is 28.5 Å². The van der Waals surface area contributed by atoms with Crippen molar-refractivity contribution in [1.82, 2.24) is 5.48 Å². The lowest BCUT2D eigenvalue weighted by molar-refractivity contribution is -0.115. The van der Waals surface area contributed by atoms with Gasteiger partial charge in [-0.2, -0.15) is 0 Å². The van der Waals surface area contributed by atoms with Crippen LogP contribution in [0.25, 0.3) is 11.0 Å². The first kappa shape index (κ1) is 14.8. The summed E-state index contributed by atoms with van der Waals surface area (Å²) >= 11 is 0. The molecule has 1 aromatic heterocycles. The van der Waals surface area contributed by atoms with E-state index < -0.39 is 5.91 Å². The summed E-state index contributed by atoms with van der Waals surface area (Å²) in [6.07, 6.45) is 0.280. The van der Waals surface area contributed by atoms with Gasteiger partial charge in [-0.05, 0) is 29.8 Å². The van der Waals surface area contributed by atoms with Crippen molar-refractivity contribution < 1.29 is 19.2 Å². The maximum absolute atomic E-state index is 12.0. The highest BCUT2D eigenvalue weighted by Crippen LogP contribution is 2.23. The molecule has 3 N–H and O–H groups in total. The third-order valence-electron chi connectivity index (χ3n) is 3.33. The van der Waals surface area contributed by atoms with Gasteiger partial charge in [-0.25, -0.2) is 5.48 Å². The molecule has 0 saturated carbocycles. The summed E-state index contributed by atoms with van der Waals surface area (Å²) in [4.78, 5) is 23.4. The first-order valence-electron chi connectivity index (χ1n) is 6.97. The number of carbonyl (C=O) groups is 2. The number of benzene rings is 2. The van der Waals surface area contributed by atoms with E-state index in [4.69, 9.17) is 9.62 Å². The fourth-order valence-corrected chi connectivity index (χ4v) is 2.27. The van der Waals surface area contributed by atoms with Crippen LogP contribution >= 0.6 is 0 Å². The monoisotopic (exact) mass is 310 g/mol. The highest BCUT2D eigenvalue weighted by molar-refractivity contribution is 5.98. The van der Waals surface area contributed by atoms with Crippen molar-refractivity contribution in [3.8, 4) is 0 Å². The first-order chi connectivity index (χ1) is 11.2. The molecule has 0 saturated heterocycles. The van der Waals surface area contributed by atoms with Crippen LogP contribution < -0.4 is 10.8 Å². The zero-order chi connectivity index (χ0) is 16.2. The van der Waals surface area contributed by atoms with E-state index >= 15 is 0 Å². The Hall–Kier alpha value is -3.12. The van der Waals surface area contributed by atoms with Crippen LogP contribution in [0, 0.1) is 0 Å². The van der Waals surface area contributed by atoms with Crippen molar-refractivity contribution in [1.29, 1.82) is 0 Å². The Morgan fingerprint density at radius 1 is 1.04 bits per heavy atom. The largest absolute Gasteiger partial charge is 0.451 e. The van der Waals surface area contributed by atoms with Crippen LogP contribution in [0.4, 0.5) is 5.69 Å². The minimum absolute atomic E-state index is 0.00439. The zero-order valence-corrected chi connectivity index (χ0v) is 12.1. The third kappa shape index (κ3) is 3.38. The van der Waals surface area contributed by atoms with Crippen LogP contribution in [0.3, 0.4) is 0 Å². The van der Waals surface area contributed by atoms with E-state index in [2.05, 4.69) is 5.32 Å². The molecule has 0 fully saturated rings. The van der Waals surface area contributed by atoms with Gasteiger partial charge in [0.1, 0.15) is 5.58 Å². The Labute approximate surface area is 131 Å². The van der Waals surface area contributed by atoms with Gasteiger partial charge in [0.25, 0.3) is 0 Å². The van der Waals surface area contributed by atoms with Gasteiger partial charge < -0.3 is 9.73 Å². The number of nitrogens with one attached hydrogen (secondary N) is 2. The van der Waals surface area contributed by atoms with Crippen LogP contribution in [0.5, 0.6) is 0 Å². The highest BCUT2D eigenvalue weighted by Gasteiger charge is 2.12. The normalized spacial score (nSPS) is 10.5. The third-order valence-corrected chi connectivity index (χ3v) is 3.33. The Morgan fingerprint density at radius 3 is 2.57 bits per heavy atom. The van der Waals surface area contributed by atoms with Gasteiger partial charge in [0.05, 0.1) is 6.42 Å². The topological polar surface area (TPSA) is 91.6 Å². The molecule has 3 aromatic rings. The summed E-state index contributed by atoms with van der Waals surface area (Å²) in [7, 11) is 0. The van der Waals surface area contributed by atoms with Crippen molar-refractivity contribution in [2.24, 2.45) is 0 Å². The number of furan rings is 1. The molecule has 0 aliphatic rings. The SMILES string of the molecule is O=C(Cc1ccccc1)Nc1ccc2oc(C(=O)NO)cc2c1. The average Bonchev–Trinajstić information content (AvgIpc) is 2.98. The van der Waals surface area contributed by atoms with Gasteiger partial charge >= 0.3 is 5.91 Å². The van der Waals surface area contributed by atoms with E-state index in [0.29, 0.717) is 16.7 Å². The molecule has 6 nitrogen and oxygen atoms in total. The smallest absolute Gasteiger partial charge is 0.310 e. The second-order valence-corrected chi connectivity index (χ2v) is 5.01. The lowest BCUT2D eigenvalue weighted by Gasteiger charge is -2.05. The molecule has 0 aliphatic heterocycles. The van der Waals surface area contributed by atoms with Crippen molar-refractivity contribution in [2.45, 2.75) is 6.42 Å². The molecule has 0 aliphatic carbocycles. The van der Waals surface area contributed by atoms with Crippen molar-refractivity contribution in [2.75, 3.05) is 5.32 Å². The number of hydrogen-bond donors (Lipinski definition) is 3. The molecule has 2 aromatic carbocycles. The summed E-state index contributed by atoms with van der Waals surface area (Å²) in [5, 5.41) is 12.1. The molecule has 1 heterocycles. The van der Waals surface area contributed by atoms with E-state index in [0.717, 1.165) is 5.56 Å². The number of rotatable bonds is 4. The van der Waals surface area contributed by atoms with Crippen LogP contribution in [0.2, 0.25) is 0 Å². The summed E-state index contributed by atoms with van der Waals surface area (Å²) < 4.78 is 5.29. The molecular weight excluding hydrogens is 296 g/mol. The van der Waals surface area contributed by atoms with Gasteiger partial charge in [0.15, 0.2) is 5.76 Å². The maximum Gasteiger partial charge on any atom is 0.310 e. The molecule has 0 atom stereocenters. The molecule has 2 amide bonds. The van der Waals surface area contributed by atoms with Crippen molar-refractivity contribution in [3.63, 3.8) is 0 Å². The van der Waals surface area contributed by atoms with Crippen LogP contribution in [-0.2, 0) is 11.2 Å². The molecule has 116 valence electrons. The van der Waals surface area contributed by atoms with Gasteiger partial charge in [-0.1, -0.05) is 30.3 Å². The standard InChI is InChI=1S/C17H14N2O4/c20-16(8-11-4-2-1-3-5-11)18-13-6-7-14-12(9-13)10-15(23-14)17(21)19-22/h1-7,9-10,22H,8H2,(H,18,20)(H,19,21). The van der Waals surface area contributed by atoms with Gasteiger partial charge in [-0.15, -0.1) is 0 Å². The van der Waals surface area contributed by atoms with Gasteiger partial charge in [0.2, 0.25) is 5.91 Å². The predicted molar refractivity (Wildman–Crippen MR) is 84.2 cm³/mol. The maximum atomic E-state index is 12.0. The lowest BCUT2D eigenvalue weighted by Crippen LogP contribution is -2.17.